The molecule has 1 aromatic carbocycles. The van der Waals surface area contributed by atoms with Crippen LogP contribution >= 0.6 is 0 Å². The number of nitrogens with zero attached hydrogens (tertiary/aromatic N) is 2. The van der Waals surface area contributed by atoms with Crippen LogP contribution < -0.4 is 69.5 Å². The van der Waals surface area contributed by atoms with Crippen molar-refractivity contribution in [1.29, 1.82) is 0 Å². The minimum absolute atomic E-state index is 0.0325. The van der Waals surface area contributed by atoms with Gasteiger partial charge in [0.25, 0.3) is 0 Å². The average molecular weight is 1410 g/mol. The van der Waals surface area contributed by atoms with Crippen LogP contribution in [0.15, 0.2) is 30.3 Å². The third kappa shape index (κ3) is 29.1. The van der Waals surface area contributed by atoms with Crippen molar-refractivity contribution >= 4 is 94.8 Å². The van der Waals surface area contributed by atoms with E-state index in [-0.39, 0.29) is 51.6 Å². The van der Waals surface area contributed by atoms with Gasteiger partial charge in [0, 0.05) is 32.6 Å². The highest BCUT2D eigenvalue weighted by Crippen LogP contribution is 2.23. The number of nitrogens with one attached hydrogen (secondary N) is 12. The van der Waals surface area contributed by atoms with Crippen LogP contribution in [0.3, 0.4) is 0 Å². The number of aliphatic hydroxyl groups excluding tert-OH is 1. The number of fused-ring (bicyclic) bond motifs is 2. The van der Waals surface area contributed by atoms with Crippen molar-refractivity contribution < 1.29 is 92.0 Å². The van der Waals surface area contributed by atoms with Crippen molar-refractivity contribution in [3.63, 3.8) is 0 Å². The van der Waals surface area contributed by atoms with E-state index < -0.39 is 207 Å². The van der Waals surface area contributed by atoms with Gasteiger partial charge in [-0.2, -0.15) is 0 Å². The fourth-order valence-corrected chi connectivity index (χ4v) is 11.7. The second kappa shape index (κ2) is 43.8. The quantitative estimate of drug-likeness (QED) is 0.0372. The minimum atomic E-state index is -1.92. The lowest BCUT2D eigenvalue weighted by molar-refractivity contribution is -0.146. The van der Waals surface area contributed by atoms with E-state index in [0.717, 1.165) is 37.5 Å². The smallest absolute Gasteiger partial charge is 0.315 e. The van der Waals surface area contributed by atoms with E-state index in [1.54, 1.807) is 44.2 Å². The van der Waals surface area contributed by atoms with E-state index in [9.17, 15) is 87.2 Å². The van der Waals surface area contributed by atoms with Gasteiger partial charge in [0.1, 0.15) is 54.4 Å². The molecule has 34 nitrogen and oxygen atoms in total. The largest absolute Gasteiger partial charge is 0.481 e. The number of benzene rings is 1. The average Bonchev–Trinajstić information content (AvgIpc) is 1.19. The van der Waals surface area contributed by atoms with Crippen molar-refractivity contribution in [2.24, 2.45) is 11.7 Å². The molecule has 0 bridgehead atoms. The van der Waals surface area contributed by atoms with Crippen LogP contribution in [-0.2, 0) is 78.3 Å². The maximum atomic E-state index is 15.1. The standard InChI is InChI=1S/C66H103N15O19/c1-5-7-8-9-10-11-12-13-14-15-16-21-28-68-66(100)77-42(31-41-24-18-17-19-25-41)59(93)75-43(32-49(67)83)60(94)76-46-35-69-61(95)48-27-23-30-81(48)65(99)55(39(3)6-2)79-63(97)56(40(4)82)78-52(86)38-71-58(92)45(34-54(89)90)73-50(84)36-70-57(91)44(33-53(87)88)74-51(85)37-72-62(96)47-26-20-22-29-80(47)64(46)98/h17-19,24-25,39-40,42-48,55-56,82H,5-16,20-23,26-38H2,1-4H3,(H2,67,83)(H,69,95)(H,70,91)(H,71,92)(H,72,96)(H,73,84)(H,74,85)(H,75,93)(H,76,94)(H,78,86)(H,79,97)(H,87,88)(H,89,90)(H2,68,77,100)/t39-,40-,42+,43+,44+,45+,46+,47+,48+,55+,56+/m1/s1. The number of urea groups is 1. The summed E-state index contributed by atoms with van der Waals surface area (Å²) in [4.78, 5) is 220. The second-order valence-corrected chi connectivity index (χ2v) is 25.5. The highest BCUT2D eigenvalue weighted by Gasteiger charge is 2.43. The summed E-state index contributed by atoms with van der Waals surface area (Å²) >= 11 is 0. The van der Waals surface area contributed by atoms with Gasteiger partial charge in [0.05, 0.1) is 45.0 Å². The van der Waals surface area contributed by atoms with Crippen LogP contribution in [-0.4, -0.2) is 226 Å². The summed E-state index contributed by atoms with van der Waals surface area (Å²) < 4.78 is 0. The zero-order valence-corrected chi connectivity index (χ0v) is 57.6. The molecule has 3 fully saturated rings. The van der Waals surface area contributed by atoms with Gasteiger partial charge in [0.2, 0.25) is 76.8 Å². The molecule has 11 atom stereocenters. The highest BCUT2D eigenvalue weighted by atomic mass is 16.4. The molecule has 3 aliphatic rings. The number of rotatable bonds is 29. The molecule has 34 heteroatoms. The summed E-state index contributed by atoms with van der Waals surface area (Å²) in [5.41, 5.74) is 6.26. The Morgan fingerprint density at radius 3 is 1.59 bits per heavy atom. The number of amides is 15. The zero-order chi connectivity index (χ0) is 73.8. The molecule has 0 aliphatic carbocycles. The molecule has 1 aromatic rings. The van der Waals surface area contributed by atoms with Crippen LogP contribution in [0.5, 0.6) is 0 Å². The number of nitrogens with two attached hydrogens (primary N) is 1. The Morgan fingerprint density at radius 1 is 0.560 bits per heavy atom. The van der Waals surface area contributed by atoms with Crippen molar-refractivity contribution in [1.82, 2.24) is 73.6 Å². The number of carbonyl (C=O) groups is 16. The van der Waals surface area contributed by atoms with Crippen LogP contribution in [0, 0.1) is 5.92 Å². The van der Waals surface area contributed by atoms with Gasteiger partial charge >= 0.3 is 18.0 Å². The molecule has 100 heavy (non-hydrogen) atoms. The Morgan fingerprint density at radius 2 is 1.06 bits per heavy atom. The van der Waals surface area contributed by atoms with Crippen LogP contribution in [0.25, 0.3) is 0 Å². The first-order valence-corrected chi connectivity index (χ1v) is 34.6. The molecule has 17 N–H and O–H groups in total. The number of aliphatic hydroxyl groups is 1. The Bertz CT molecular complexity index is 2990. The third-order valence-corrected chi connectivity index (χ3v) is 17.5. The molecule has 4 rings (SSSR count). The first-order valence-electron chi connectivity index (χ1n) is 34.6. The summed E-state index contributed by atoms with van der Waals surface area (Å²) in [5, 5.41) is 58.5. The molecular weight excluding hydrogens is 1310 g/mol. The van der Waals surface area contributed by atoms with Crippen LogP contribution in [0.4, 0.5) is 4.79 Å². The SMILES string of the molecule is CCCCCCCCCCCCCCNC(=O)N[C@@H](Cc1ccccc1)C(=O)N[C@@H](CC(N)=O)C(=O)N[C@H]1CNC(=O)[C@@H]2CCCN2C(=O)[C@H]([C@H](C)CC)NC(=O)[C@H]([C@@H](C)O)NC(=O)CNC(=O)[C@H](CC(=O)O)NC(=O)CNC(=O)[C@H](CC(=O)O)NC(=O)CNC(=O)[C@@H]2CCCCN2C1=O. The zero-order valence-electron chi connectivity index (χ0n) is 57.6. The predicted octanol–water partition coefficient (Wildman–Crippen LogP) is -2.39. The van der Waals surface area contributed by atoms with E-state index in [4.69, 9.17) is 5.73 Å². The molecule has 0 aromatic heterocycles. The number of carbonyl (C=O) groups excluding carboxylic acids is 14. The van der Waals surface area contributed by atoms with E-state index in [1.165, 1.54) is 49.8 Å². The van der Waals surface area contributed by atoms with Crippen LogP contribution in [0.2, 0.25) is 0 Å². The number of carboxylic acids is 2. The maximum Gasteiger partial charge on any atom is 0.315 e. The Kier molecular flexibility index (Phi) is 36.3. The fourth-order valence-electron chi connectivity index (χ4n) is 11.7. The van der Waals surface area contributed by atoms with E-state index in [0.29, 0.717) is 24.9 Å². The van der Waals surface area contributed by atoms with Gasteiger partial charge in [-0.05, 0) is 56.9 Å². The van der Waals surface area contributed by atoms with Gasteiger partial charge in [0.15, 0.2) is 0 Å². The molecule has 0 radical (unpaired) electrons. The Hall–Kier alpha value is -9.50. The summed E-state index contributed by atoms with van der Waals surface area (Å²) in [6.07, 6.45) is 9.64. The summed E-state index contributed by atoms with van der Waals surface area (Å²) in [6.45, 7) is 3.01. The van der Waals surface area contributed by atoms with E-state index >= 15 is 4.79 Å². The topological polar surface area (TPSA) is 511 Å². The molecular formula is C66H103N15O19. The molecule has 3 heterocycles. The number of aliphatic carboxylic acids is 2. The summed E-state index contributed by atoms with van der Waals surface area (Å²) in [7, 11) is 0. The second-order valence-electron chi connectivity index (χ2n) is 25.5. The normalized spacial score (nSPS) is 22.6. The van der Waals surface area contributed by atoms with Crippen molar-refractivity contribution in [2.45, 2.75) is 229 Å². The third-order valence-electron chi connectivity index (χ3n) is 17.5. The molecule has 556 valence electrons. The molecule has 0 spiro atoms. The Labute approximate surface area is 581 Å². The van der Waals surface area contributed by atoms with E-state index in [2.05, 4.69) is 70.7 Å². The van der Waals surface area contributed by atoms with Gasteiger partial charge in [-0.25, -0.2) is 4.79 Å². The van der Waals surface area contributed by atoms with Crippen molar-refractivity contribution in [3.8, 4) is 0 Å². The number of carboxylic acid groups (broad SMARTS) is 2. The molecule has 15 amide bonds. The fraction of sp³-hybridized carbons (Fsp3) is 0.667. The first kappa shape index (κ1) is 82.9. The lowest BCUT2D eigenvalue weighted by Crippen LogP contribution is -2.63. The number of piperidine rings is 1. The van der Waals surface area contributed by atoms with E-state index in [1.807, 2.05) is 0 Å². The minimum Gasteiger partial charge on any atom is -0.481 e. The predicted molar refractivity (Wildman–Crippen MR) is 359 cm³/mol. The highest BCUT2D eigenvalue weighted by molar-refractivity contribution is 6.00. The number of primary amides is 1. The van der Waals surface area contributed by atoms with Gasteiger partial charge in [-0.1, -0.05) is 128 Å². The van der Waals surface area contributed by atoms with Gasteiger partial charge in [-0.3, -0.25) is 71.9 Å². The maximum absolute atomic E-state index is 15.1. The Balaban J connectivity index is 1.68. The first-order chi connectivity index (χ1) is 47.6. The monoisotopic (exact) mass is 1410 g/mol. The number of hydrogen-bond acceptors (Lipinski definition) is 17. The summed E-state index contributed by atoms with van der Waals surface area (Å²) in [5.74, 6) is -17.8. The molecule has 0 unspecified atom stereocenters. The van der Waals surface area contributed by atoms with Gasteiger partial charge in [-0.15, -0.1) is 0 Å². The molecule has 3 aliphatic heterocycles. The van der Waals surface area contributed by atoms with Crippen LogP contribution in [0.1, 0.15) is 168 Å². The van der Waals surface area contributed by atoms with Crippen molar-refractivity contribution in [3.05, 3.63) is 35.9 Å². The van der Waals surface area contributed by atoms with Crippen molar-refractivity contribution in [2.75, 3.05) is 45.8 Å². The number of hydrogen-bond donors (Lipinski definition) is 16. The lowest BCUT2D eigenvalue weighted by atomic mass is 9.96. The number of unbranched alkanes of at least 4 members (excludes halogenated alkanes) is 11. The lowest BCUT2D eigenvalue weighted by Gasteiger charge is -2.37. The van der Waals surface area contributed by atoms with Gasteiger partial charge < -0.3 is 94.7 Å². The summed E-state index contributed by atoms with van der Waals surface area (Å²) in [6, 6.07) is -6.93. The molecule has 3 saturated heterocycles. The molecule has 0 saturated carbocycles.